The quantitative estimate of drug-likeness (QED) is 0.778. The lowest BCUT2D eigenvalue weighted by molar-refractivity contribution is -0.134. The number of aliphatic carboxylic acids is 1. The molecule has 0 spiro atoms. The Kier molecular flexibility index (Phi) is 4.92. The summed E-state index contributed by atoms with van der Waals surface area (Å²) in [6, 6.07) is 6.96. The van der Waals surface area contributed by atoms with Gasteiger partial charge in [-0.25, -0.2) is 4.79 Å². The van der Waals surface area contributed by atoms with Crippen LogP contribution in [-0.4, -0.2) is 23.6 Å². The molecule has 1 rings (SSSR count). The molecule has 0 aliphatic carbocycles. The van der Waals surface area contributed by atoms with Gasteiger partial charge in [0, 0.05) is 6.92 Å². The van der Waals surface area contributed by atoms with Gasteiger partial charge in [0.2, 0.25) is 5.91 Å². The second-order valence-corrected chi connectivity index (χ2v) is 3.55. The number of benzene rings is 1. The van der Waals surface area contributed by atoms with Crippen LogP contribution in [0, 0.1) is 0 Å². The Labute approximate surface area is 105 Å². The van der Waals surface area contributed by atoms with E-state index in [-0.39, 0.29) is 5.70 Å². The summed E-state index contributed by atoms with van der Waals surface area (Å²) in [6.07, 6.45) is 1.38. The Hall–Kier alpha value is -2.30. The van der Waals surface area contributed by atoms with Gasteiger partial charge in [-0.3, -0.25) is 4.79 Å². The fourth-order valence-electron chi connectivity index (χ4n) is 1.37. The summed E-state index contributed by atoms with van der Waals surface area (Å²) in [5, 5.41) is 11.2. The van der Waals surface area contributed by atoms with Gasteiger partial charge in [-0.1, -0.05) is 12.1 Å². The number of ether oxygens (including phenoxy) is 1. The van der Waals surface area contributed by atoms with Gasteiger partial charge in [0.25, 0.3) is 0 Å². The predicted molar refractivity (Wildman–Crippen MR) is 67.0 cm³/mol. The van der Waals surface area contributed by atoms with E-state index in [1.54, 1.807) is 24.3 Å². The molecule has 0 heterocycles. The molecule has 18 heavy (non-hydrogen) atoms. The molecule has 0 bridgehead atoms. The second-order valence-electron chi connectivity index (χ2n) is 3.55. The molecule has 0 unspecified atom stereocenters. The van der Waals surface area contributed by atoms with Crippen LogP contribution in [0.4, 0.5) is 0 Å². The van der Waals surface area contributed by atoms with Gasteiger partial charge in [0.05, 0.1) is 6.61 Å². The Morgan fingerprint density at radius 1 is 1.44 bits per heavy atom. The maximum absolute atomic E-state index is 10.9. The summed E-state index contributed by atoms with van der Waals surface area (Å²) in [6.45, 7) is 3.65. The van der Waals surface area contributed by atoms with Crippen molar-refractivity contribution in [3.8, 4) is 5.75 Å². The molecule has 0 fully saturated rings. The fraction of sp³-hybridized carbons (Fsp3) is 0.231. The molecular weight excluding hydrogens is 234 g/mol. The largest absolute Gasteiger partial charge is 0.494 e. The van der Waals surface area contributed by atoms with Gasteiger partial charge >= 0.3 is 5.97 Å². The highest BCUT2D eigenvalue weighted by Crippen LogP contribution is 2.15. The topological polar surface area (TPSA) is 75.6 Å². The van der Waals surface area contributed by atoms with Gasteiger partial charge < -0.3 is 15.2 Å². The maximum Gasteiger partial charge on any atom is 0.352 e. The number of carbonyl (C=O) groups is 2. The SMILES string of the molecule is CCOc1cccc(/C=C(\NC(C)=O)C(=O)O)c1. The summed E-state index contributed by atoms with van der Waals surface area (Å²) in [7, 11) is 0. The summed E-state index contributed by atoms with van der Waals surface area (Å²) in [4.78, 5) is 21.8. The van der Waals surface area contributed by atoms with Crippen molar-refractivity contribution in [2.45, 2.75) is 13.8 Å². The van der Waals surface area contributed by atoms with Crippen LogP contribution in [-0.2, 0) is 9.59 Å². The molecule has 0 saturated carbocycles. The Bertz CT molecular complexity index is 480. The van der Waals surface area contributed by atoms with E-state index < -0.39 is 11.9 Å². The standard InChI is InChI=1S/C13H15NO4/c1-3-18-11-6-4-5-10(7-11)8-12(13(16)17)14-9(2)15/h4-8H,3H2,1-2H3,(H,14,15)(H,16,17)/b12-8-. The number of nitrogens with one attached hydrogen (secondary N) is 1. The number of rotatable bonds is 5. The van der Waals surface area contributed by atoms with Crippen molar-refractivity contribution >= 4 is 18.0 Å². The van der Waals surface area contributed by atoms with Crippen LogP contribution in [0.15, 0.2) is 30.0 Å². The second kappa shape index (κ2) is 6.44. The maximum atomic E-state index is 10.9. The van der Waals surface area contributed by atoms with Crippen molar-refractivity contribution < 1.29 is 19.4 Å². The van der Waals surface area contributed by atoms with E-state index >= 15 is 0 Å². The molecule has 1 aromatic rings. The van der Waals surface area contributed by atoms with E-state index in [0.29, 0.717) is 17.9 Å². The highest BCUT2D eigenvalue weighted by atomic mass is 16.5. The monoisotopic (exact) mass is 249 g/mol. The molecule has 0 aliphatic rings. The molecule has 1 aromatic carbocycles. The zero-order chi connectivity index (χ0) is 13.5. The van der Waals surface area contributed by atoms with E-state index in [9.17, 15) is 9.59 Å². The molecule has 0 saturated heterocycles. The van der Waals surface area contributed by atoms with Crippen molar-refractivity contribution in [1.82, 2.24) is 5.32 Å². The molecule has 1 amide bonds. The van der Waals surface area contributed by atoms with Crippen LogP contribution in [0.1, 0.15) is 19.4 Å². The van der Waals surface area contributed by atoms with Crippen LogP contribution < -0.4 is 10.1 Å². The lowest BCUT2D eigenvalue weighted by Crippen LogP contribution is -2.24. The summed E-state index contributed by atoms with van der Waals surface area (Å²) >= 11 is 0. The predicted octanol–water partition coefficient (Wildman–Crippen LogP) is 1.65. The van der Waals surface area contributed by atoms with Gasteiger partial charge in [0.15, 0.2) is 0 Å². The minimum absolute atomic E-state index is 0.170. The van der Waals surface area contributed by atoms with Gasteiger partial charge in [-0.15, -0.1) is 0 Å². The first kappa shape index (κ1) is 13.8. The van der Waals surface area contributed by atoms with E-state index in [0.717, 1.165) is 0 Å². The van der Waals surface area contributed by atoms with E-state index in [1.807, 2.05) is 6.92 Å². The molecule has 5 heteroatoms. The van der Waals surface area contributed by atoms with Crippen molar-refractivity contribution in [2.24, 2.45) is 0 Å². The molecule has 5 nitrogen and oxygen atoms in total. The number of hydrogen-bond acceptors (Lipinski definition) is 3. The average Bonchev–Trinajstić information content (AvgIpc) is 2.28. The number of carbonyl (C=O) groups excluding carboxylic acids is 1. The van der Waals surface area contributed by atoms with Crippen molar-refractivity contribution in [1.29, 1.82) is 0 Å². The first-order valence-electron chi connectivity index (χ1n) is 5.48. The van der Waals surface area contributed by atoms with E-state index in [2.05, 4.69) is 5.32 Å². The van der Waals surface area contributed by atoms with Crippen LogP contribution in [0.2, 0.25) is 0 Å². The van der Waals surface area contributed by atoms with Crippen LogP contribution in [0.5, 0.6) is 5.75 Å². The molecule has 0 aliphatic heterocycles. The lowest BCUT2D eigenvalue weighted by Gasteiger charge is -2.05. The van der Waals surface area contributed by atoms with Crippen LogP contribution in [0.25, 0.3) is 6.08 Å². The zero-order valence-corrected chi connectivity index (χ0v) is 10.3. The normalized spacial score (nSPS) is 10.9. The fourth-order valence-corrected chi connectivity index (χ4v) is 1.37. The van der Waals surface area contributed by atoms with Crippen molar-refractivity contribution in [3.05, 3.63) is 35.5 Å². The number of amides is 1. The zero-order valence-electron chi connectivity index (χ0n) is 10.3. The summed E-state index contributed by atoms with van der Waals surface area (Å²) in [5.74, 6) is -0.963. The number of hydrogen-bond donors (Lipinski definition) is 2. The highest BCUT2D eigenvalue weighted by molar-refractivity contribution is 5.96. The molecule has 0 aromatic heterocycles. The van der Waals surface area contributed by atoms with Gasteiger partial charge in [-0.2, -0.15) is 0 Å². The molecule has 0 radical (unpaired) electrons. The van der Waals surface area contributed by atoms with Gasteiger partial charge in [-0.05, 0) is 30.7 Å². The first-order chi connectivity index (χ1) is 8.52. The van der Waals surface area contributed by atoms with Gasteiger partial charge in [0.1, 0.15) is 11.4 Å². The number of carboxylic acids is 1. The van der Waals surface area contributed by atoms with Crippen LogP contribution in [0.3, 0.4) is 0 Å². The van der Waals surface area contributed by atoms with E-state index in [4.69, 9.17) is 9.84 Å². The smallest absolute Gasteiger partial charge is 0.352 e. The average molecular weight is 249 g/mol. The third kappa shape index (κ3) is 4.29. The minimum Gasteiger partial charge on any atom is -0.494 e. The first-order valence-corrected chi connectivity index (χ1v) is 5.48. The highest BCUT2D eigenvalue weighted by Gasteiger charge is 2.08. The Morgan fingerprint density at radius 2 is 2.17 bits per heavy atom. The summed E-state index contributed by atoms with van der Waals surface area (Å²) < 4.78 is 5.31. The third-order valence-corrected chi connectivity index (χ3v) is 2.02. The lowest BCUT2D eigenvalue weighted by atomic mass is 10.2. The van der Waals surface area contributed by atoms with Crippen molar-refractivity contribution in [2.75, 3.05) is 6.61 Å². The van der Waals surface area contributed by atoms with E-state index in [1.165, 1.54) is 13.0 Å². The van der Waals surface area contributed by atoms with Crippen LogP contribution >= 0.6 is 0 Å². The molecule has 2 N–H and O–H groups in total. The Balaban J connectivity index is 2.99. The Morgan fingerprint density at radius 3 is 2.72 bits per heavy atom. The minimum atomic E-state index is -1.19. The van der Waals surface area contributed by atoms with Crippen molar-refractivity contribution in [3.63, 3.8) is 0 Å². The molecule has 0 atom stereocenters. The molecule has 96 valence electrons. The summed E-state index contributed by atoms with van der Waals surface area (Å²) in [5.41, 5.74) is 0.475. The third-order valence-electron chi connectivity index (χ3n) is 2.02. The number of carboxylic acid groups (broad SMARTS) is 1. The molecular formula is C13H15NO4.